The van der Waals surface area contributed by atoms with E-state index in [0.29, 0.717) is 36.3 Å². The second kappa shape index (κ2) is 11.8. The molecule has 0 unspecified atom stereocenters. The first kappa shape index (κ1) is 30.8. The number of anilines is 1. The van der Waals surface area contributed by atoms with Crippen LogP contribution < -0.4 is 10.6 Å². The Morgan fingerprint density at radius 3 is 1.85 bits per heavy atom. The van der Waals surface area contributed by atoms with E-state index in [4.69, 9.17) is 5.73 Å². The number of carbonyl (C=O) groups excluding carboxylic acids is 2. The quantitative estimate of drug-likeness (QED) is 0.223. The highest BCUT2D eigenvalue weighted by atomic mass is 19.4. The summed E-state index contributed by atoms with van der Waals surface area (Å²) in [6.07, 6.45) is -12.4. The summed E-state index contributed by atoms with van der Waals surface area (Å²) in [6, 6.07) is 15.6. The predicted molar refractivity (Wildman–Crippen MR) is 137 cm³/mol. The van der Waals surface area contributed by atoms with Crippen molar-refractivity contribution in [3.05, 3.63) is 100 Å². The van der Waals surface area contributed by atoms with Gasteiger partial charge in [-0.25, -0.2) is 4.39 Å². The van der Waals surface area contributed by atoms with Crippen LogP contribution >= 0.6 is 0 Å². The minimum atomic E-state index is -6.24. The molecule has 3 aromatic carbocycles. The number of hydrogen-bond acceptors (Lipinski definition) is 3. The van der Waals surface area contributed by atoms with Gasteiger partial charge in [0, 0.05) is 35.3 Å². The number of alkyl halides is 7. The second-order valence-corrected chi connectivity index (χ2v) is 9.36. The third-order valence-corrected chi connectivity index (χ3v) is 6.54. The topological polar surface area (TPSA) is 63.4 Å². The fourth-order valence-electron chi connectivity index (χ4n) is 4.40. The zero-order valence-electron chi connectivity index (χ0n) is 21.7. The van der Waals surface area contributed by atoms with Crippen LogP contribution in [0.4, 0.5) is 36.4 Å². The van der Waals surface area contributed by atoms with Gasteiger partial charge in [0.2, 0.25) is 0 Å². The van der Waals surface area contributed by atoms with Crippen molar-refractivity contribution in [2.75, 3.05) is 18.0 Å². The summed E-state index contributed by atoms with van der Waals surface area (Å²) >= 11 is 0. The molecular weight excluding hydrogens is 541 g/mol. The Bertz CT molecular complexity index is 1330. The summed E-state index contributed by atoms with van der Waals surface area (Å²) in [4.78, 5) is 27.8. The molecule has 0 aromatic heterocycles. The molecule has 0 radical (unpaired) electrons. The molecule has 0 spiro atoms. The monoisotopic (exact) mass is 568 g/mol. The van der Waals surface area contributed by atoms with Crippen LogP contribution in [-0.4, -0.2) is 37.1 Å². The minimum absolute atomic E-state index is 0.0983. The van der Waals surface area contributed by atoms with Gasteiger partial charge >= 0.3 is 18.0 Å². The first-order chi connectivity index (χ1) is 18.6. The lowest BCUT2D eigenvalue weighted by molar-refractivity contribution is -0.348. The normalized spacial score (nSPS) is 12.3. The van der Waals surface area contributed by atoms with E-state index in [9.17, 15) is 40.3 Å². The van der Waals surface area contributed by atoms with Gasteiger partial charge in [0.05, 0.1) is 0 Å². The summed E-state index contributed by atoms with van der Waals surface area (Å²) in [5, 5.41) is 0. The number of rotatable bonds is 9. The molecule has 0 saturated heterocycles. The van der Waals surface area contributed by atoms with Crippen LogP contribution in [0.3, 0.4) is 0 Å². The van der Waals surface area contributed by atoms with Gasteiger partial charge in [-0.15, -0.1) is 0 Å². The van der Waals surface area contributed by atoms with E-state index in [1.54, 1.807) is 42.5 Å². The van der Waals surface area contributed by atoms with Gasteiger partial charge in [0.25, 0.3) is 5.91 Å². The SMILES string of the molecule is Cc1cc(C(F)(C(F)(F)F)C(F)(F)F)cc(C)c1CC(=O)c1cccc(N(CCCN)C(=O)c2ccccc2)c1. The van der Waals surface area contributed by atoms with Gasteiger partial charge in [0.1, 0.15) is 0 Å². The molecule has 0 bridgehead atoms. The number of carbonyl (C=O) groups is 2. The van der Waals surface area contributed by atoms with Gasteiger partial charge < -0.3 is 10.6 Å². The van der Waals surface area contributed by atoms with Crippen molar-refractivity contribution in [2.45, 2.75) is 44.7 Å². The summed E-state index contributed by atoms with van der Waals surface area (Å²) in [7, 11) is 0. The predicted octanol–water partition coefficient (Wildman–Crippen LogP) is 7.01. The number of nitrogens with zero attached hydrogens (tertiary/aromatic N) is 1. The van der Waals surface area contributed by atoms with Crippen molar-refractivity contribution >= 4 is 17.4 Å². The van der Waals surface area contributed by atoms with Crippen LogP contribution in [0.5, 0.6) is 0 Å². The van der Waals surface area contributed by atoms with Gasteiger partial charge in [-0.1, -0.05) is 42.5 Å². The lowest BCUT2D eigenvalue weighted by Gasteiger charge is -2.31. The van der Waals surface area contributed by atoms with E-state index in [1.807, 2.05) is 0 Å². The molecular formula is C29H27F7N2O2. The van der Waals surface area contributed by atoms with Crippen molar-refractivity contribution in [1.82, 2.24) is 0 Å². The molecule has 2 N–H and O–H groups in total. The van der Waals surface area contributed by atoms with E-state index >= 15 is 0 Å². The molecule has 40 heavy (non-hydrogen) atoms. The molecule has 0 aliphatic heterocycles. The standard InChI is InChI=1S/C29H27F7N2O2/c1-18-14-22(27(30,28(31,32)33)29(34,35)36)15-19(2)24(18)17-25(39)21-10-6-11-23(16-21)38(13-7-12-37)26(40)20-8-4-3-5-9-20/h3-6,8-11,14-16H,7,12-13,17,37H2,1-2H3. The number of ketones is 1. The molecule has 0 aliphatic rings. The summed E-state index contributed by atoms with van der Waals surface area (Å²) in [5.74, 6) is -0.810. The molecule has 11 heteroatoms. The third-order valence-electron chi connectivity index (χ3n) is 6.54. The van der Waals surface area contributed by atoms with Crippen LogP contribution in [0, 0.1) is 13.8 Å². The Labute approximate surface area is 226 Å². The van der Waals surface area contributed by atoms with Crippen LogP contribution in [0.15, 0.2) is 66.7 Å². The van der Waals surface area contributed by atoms with Crippen molar-refractivity contribution < 1.29 is 40.3 Å². The fraction of sp³-hybridized carbons (Fsp3) is 0.310. The maximum absolute atomic E-state index is 14.6. The largest absolute Gasteiger partial charge is 0.435 e. The fourth-order valence-corrected chi connectivity index (χ4v) is 4.40. The van der Waals surface area contributed by atoms with Crippen LogP contribution in [0.1, 0.15) is 49.4 Å². The zero-order chi connectivity index (χ0) is 29.9. The molecule has 3 rings (SSSR count). The van der Waals surface area contributed by atoms with Crippen molar-refractivity contribution in [2.24, 2.45) is 5.73 Å². The van der Waals surface area contributed by atoms with Crippen molar-refractivity contribution in [3.63, 3.8) is 0 Å². The summed E-state index contributed by atoms with van der Waals surface area (Å²) in [5.41, 5.74) is -0.557. The highest BCUT2D eigenvalue weighted by Gasteiger charge is 2.73. The Morgan fingerprint density at radius 2 is 1.32 bits per heavy atom. The third kappa shape index (κ3) is 6.19. The smallest absolute Gasteiger partial charge is 0.330 e. The second-order valence-electron chi connectivity index (χ2n) is 9.36. The Morgan fingerprint density at radius 1 is 0.775 bits per heavy atom. The maximum atomic E-state index is 14.6. The number of amides is 1. The average molecular weight is 569 g/mol. The molecule has 3 aromatic rings. The van der Waals surface area contributed by atoms with Gasteiger partial charge in [-0.05, 0) is 67.8 Å². The van der Waals surface area contributed by atoms with E-state index in [2.05, 4.69) is 0 Å². The molecule has 0 fully saturated rings. The molecule has 0 heterocycles. The molecule has 0 aliphatic carbocycles. The number of Topliss-reactive ketones (excluding diaryl/α,β-unsaturated/α-hetero) is 1. The molecule has 4 nitrogen and oxygen atoms in total. The van der Waals surface area contributed by atoms with Crippen molar-refractivity contribution in [1.29, 1.82) is 0 Å². The van der Waals surface area contributed by atoms with E-state index in [-0.39, 0.29) is 41.1 Å². The number of hydrogen-bond donors (Lipinski definition) is 1. The Hall–Kier alpha value is -3.73. The number of aryl methyl sites for hydroxylation is 2. The molecule has 214 valence electrons. The number of halogens is 7. The zero-order valence-corrected chi connectivity index (χ0v) is 21.7. The lowest BCUT2D eigenvalue weighted by atomic mass is 9.87. The van der Waals surface area contributed by atoms with Crippen LogP contribution in [0.2, 0.25) is 0 Å². The highest BCUT2D eigenvalue weighted by Crippen LogP contribution is 2.53. The van der Waals surface area contributed by atoms with Crippen molar-refractivity contribution in [3.8, 4) is 0 Å². The van der Waals surface area contributed by atoms with Gasteiger partial charge in [0.15, 0.2) is 5.78 Å². The number of benzene rings is 3. The molecule has 1 amide bonds. The van der Waals surface area contributed by atoms with Gasteiger partial charge in [-0.2, -0.15) is 26.3 Å². The first-order valence-electron chi connectivity index (χ1n) is 12.2. The maximum Gasteiger partial charge on any atom is 0.435 e. The summed E-state index contributed by atoms with van der Waals surface area (Å²) in [6.45, 7) is 3.02. The minimum Gasteiger partial charge on any atom is -0.330 e. The van der Waals surface area contributed by atoms with E-state index < -0.39 is 29.4 Å². The average Bonchev–Trinajstić information content (AvgIpc) is 2.89. The van der Waals surface area contributed by atoms with Crippen LogP contribution in [0.25, 0.3) is 0 Å². The highest BCUT2D eigenvalue weighted by molar-refractivity contribution is 6.07. The van der Waals surface area contributed by atoms with Gasteiger partial charge in [-0.3, -0.25) is 9.59 Å². The Balaban J connectivity index is 1.94. The van der Waals surface area contributed by atoms with Crippen LogP contribution in [-0.2, 0) is 12.1 Å². The Kier molecular flexibility index (Phi) is 9.08. The molecule has 0 atom stereocenters. The van der Waals surface area contributed by atoms with E-state index in [0.717, 1.165) is 0 Å². The summed E-state index contributed by atoms with van der Waals surface area (Å²) < 4.78 is 94.1. The molecule has 0 saturated carbocycles. The first-order valence-corrected chi connectivity index (χ1v) is 12.2. The lowest BCUT2D eigenvalue weighted by Crippen LogP contribution is -2.50. The number of nitrogens with two attached hydrogens (primary N) is 1. The van der Waals surface area contributed by atoms with E-state index in [1.165, 1.54) is 30.9 Å².